The molecule has 10 heteroatoms. The maximum Gasteiger partial charge on any atom is 0.315 e. The van der Waals surface area contributed by atoms with Crippen molar-refractivity contribution in [3.8, 4) is 5.75 Å². The van der Waals surface area contributed by atoms with Crippen molar-refractivity contribution in [3.63, 3.8) is 0 Å². The summed E-state index contributed by atoms with van der Waals surface area (Å²) in [7, 11) is 0. The number of hydrogen-bond donors (Lipinski definition) is 6. The first kappa shape index (κ1) is 22.3. The Morgan fingerprint density at radius 3 is 2.68 bits per heavy atom. The van der Waals surface area contributed by atoms with Gasteiger partial charge in [0.2, 0.25) is 0 Å². The number of aliphatic hydroxyl groups excluding tert-OH is 2. The Hall–Kier alpha value is -2.04. The number of aromatic nitrogens is 1. The average molecular weight is 413 g/mol. The number of aromatic hydroxyl groups is 1. The molecule has 0 unspecified atom stereocenters. The maximum absolute atomic E-state index is 11.1. The van der Waals surface area contributed by atoms with Crippen molar-refractivity contribution >= 4 is 23.8 Å². The number of aryl methyl sites for hydroxylation is 1. The Morgan fingerprint density at radius 2 is 2.04 bits per heavy atom. The highest BCUT2D eigenvalue weighted by Gasteiger charge is 2.42. The van der Waals surface area contributed by atoms with Crippen molar-refractivity contribution in [2.75, 3.05) is 5.75 Å². The van der Waals surface area contributed by atoms with Gasteiger partial charge in [0.1, 0.15) is 5.75 Å². The normalized spacial score (nSPS) is 22.7. The van der Waals surface area contributed by atoms with Crippen molar-refractivity contribution in [2.24, 2.45) is 0 Å². The number of carboxylic acids is 1. The van der Waals surface area contributed by atoms with Crippen LogP contribution < -0.4 is 10.6 Å². The number of aliphatic carboxylic acids is 1. The predicted molar refractivity (Wildman–Crippen MR) is 104 cm³/mol. The molecule has 0 saturated carbocycles. The molecule has 3 heterocycles. The molecule has 2 fully saturated rings. The number of rotatable bonds is 7. The Balaban J connectivity index is 0.000000209. The second kappa shape index (κ2) is 10.5. The number of carboxylic acid groups (broad SMARTS) is 1. The van der Waals surface area contributed by atoms with Crippen LogP contribution in [0.15, 0.2) is 6.20 Å². The first-order valence-corrected chi connectivity index (χ1v) is 10.2. The number of thioether (sulfide) groups is 1. The Labute approximate surface area is 167 Å². The van der Waals surface area contributed by atoms with Gasteiger partial charge in [0.15, 0.2) is 0 Å². The fourth-order valence-corrected chi connectivity index (χ4v) is 4.81. The zero-order chi connectivity index (χ0) is 20.7. The van der Waals surface area contributed by atoms with Gasteiger partial charge in [0, 0.05) is 34.7 Å². The molecule has 2 aliphatic rings. The number of pyridine rings is 1. The van der Waals surface area contributed by atoms with Crippen LogP contribution in [0.3, 0.4) is 0 Å². The second-order valence-electron chi connectivity index (χ2n) is 6.77. The standard InChI is InChI=1S/C10H16N2O3S.C8H11NO3/c13-8(14)4-2-1-3-7-9-6(5-16-7)11-10(15)12-9;1-5-8(12)7(4-11)6(3-10)2-9-5/h6-7,9H,1-5H2,(H,13,14)(H2,11,12,15);2,10-12H,3-4H2,1H3/t6-,7-,9-;/m0./s1. The van der Waals surface area contributed by atoms with Crippen LogP contribution in [0.1, 0.15) is 42.5 Å². The van der Waals surface area contributed by atoms with Crippen LogP contribution in [0.2, 0.25) is 0 Å². The molecule has 2 aliphatic heterocycles. The van der Waals surface area contributed by atoms with Crippen LogP contribution in [-0.4, -0.2) is 60.5 Å². The van der Waals surface area contributed by atoms with E-state index in [0.717, 1.165) is 25.0 Å². The largest absolute Gasteiger partial charge is 0.506 e. The van der Waals surface area contributed by atoms with Crippen molar-refractivity contribution in [2.45, 2.75) is 63.2 Å². The fourth-order valence-electron chi connectivity index (χ4n) is 3.26. The Kier molecular flexibility index (Phi) is 8.34. The monoisotopic (exact) mass is 413 g/mol. The van der Waals surface area contributed by atoms with Crippen molar-refractivity contribution in [3.05, 3.63) is 23.0 Å². The molecule has 6 N–H and O–H groups in total. The highest BCUT2D eigenvalue weighted by Crippen LogP contribution is 2.33. The lowest BCUT2D eigenvalue weighted by Gasteiger charge is -2.16. The molecule has 9 nitrogen and oxygen atoms in total. The van der Waals surface area contributed by atoms with Gasteiger partial charge in [-0.15, -0.1) is 0 Å². The third-order valence-electron chi connectivity index (χ3n) is 4.83. The lowest BCUT2D eigenvalue weighted by molar-refractivity contribution is -0.137. The number of nitrogens with zero attached hydrogens (tertiary/aromatic N) is 1. The highest BCUT2D eigenvalue weighted by molar-refractivity contribution is 8.00. The summed E-state index contributed by atoms with van der Waals surface area (Å²) in [6.07, 6.45) is 4.33. The Morgan fingerprint density at radius 1 is 1.29 bits per heavy atom. The van der Waals surface area contributed by atoms with Gasteiger partial charge in [-0.2, -0.15) is 11.8 Å². The number of carbonyl (C=O) groups excluding carboxylic acids is 1. The van der Waals surface area contributed by atoms with Crippen molar-refractivity contribution < 1.29 is 30.0 Å². The number of nitrogens with one attached hydrogen (secondary N) is 2. The fraction of sp³-hybridized carbons (Fsp3) is 0.611. The first-order chi connectivity index (χ1) is 13.4. The van der Waals surface area contributed by atoms with E-state index in [1.807, 2.05) is 11.8 Å². The molecule has 28 heavy (non-hydrogen) atoms. The van der Waals surface area contributed by atoms with Crippen LogP contribution in [-0.2, 0) is 18.0 Å². The van der Waals surface area contributed by atoms with E-state index >= 15 is 0 Å². The molecule has 0 aliphatic carbocycles. The van der Waals surface area contributed by atoms with Crippen LogP contribution >= 0.6 is 11.8 Å². The van der Waals surface area contributed by atoms with Gasteiger partial charge < -0.3 is 31.1 Å². The highest BCUT2D eigenvalue weighted by atomic mass is 32.2. The molecule has 1 aromatic heterocycles. The third kappa shape index (κ3) is 5.73. The van der Waals surface area contributed by atoms with Crippen LogP contribution in [0.25, 0.3) is 0 Å². The number of unbranched alkanes of at least 4 members (excludes halogenated alkanes) is 1. The molecule has 3 rings (SSSR count). The smallest absolute Gasteiger partial charge is 0.315 e. The van der Waals surface area contributed by atoms with E-state index < -0.39 is 5.97 Å². The van der Waals surface area contributed by atoms with Gasteiger partial charge in [-0.3, -0.25) is 9.78 Å². The molecule has 2 amide bonds. The number of carbonyl (C=O) groups is 2. The van der Waals surface area contributed by atoms with Crippen molar-refractivity contribution in [1.29, 1.82) is 0 Å². The number of hydrogen-bond acceptors (Lipinski definition) is 7. The SMILES string of the molecule is Cc1ncc(CO)c(CO)c1O.O=C(O)CCCC[C@@H]1SC[C@@H]2NC(=O)N[C@@H]21. The number of urea groups is 1. The van der Waals surface area contributed by atoms with E-state index in [-0.39, 0.29) is 43.5 Å². The molecule has 156 valence electrons. The molecule has 0 aromatic carbocycles. The van der Waals surface area contributed by atoms with Crippen molar-refractivity contribution in [1.82, 2.24) is 15.6 Å². The zero-order valence-corrected chi connectivity index (χ0v) is 16.5. The molecule has 0 bridgehead atoms. The number of fused-ring (bicyclic) bond motifs is 1. The molecular weight excluding hydrogens is 386 g/mol. The van der Waals surface area contributed by atoms with Gasteiger partial charge >= 0.3 is 12.0 Å². The second-order valence-corrected chi connectivity index (χ2v) is 8.05. The third-order valence-corrected chi connectivity index (χ3v) is 6.33. The van der Waals surface area contributed by atoms with Crippen LogP contribution in [0, 0.1) is 6.92 Å². The molecule has 2 saturated heterocycles. The molecule has 3 atom stereocenters. The van der Waals surface area contributed by atoms with Gasteiger partial charge in [0.05, 0.1) is 31.0 Å². The van der Waals surface area contributed by atoms with E-state index in [2.05, 4.69) is 15.6 Å². The van der Waals surface area contributed by atoms with Crippen LogP contribution in [0.4, 0.5) is 4.79 Å². The summed E-state index contributed by atoms with van der Waals surface area (Å²) in [5.41, 5.74) is 1.27. The summed E-state index contributed by atoms with van der Waals surface area (Å²) in [6.45, 7) is 1.12. The summed E-state index contributed by atoms with van der Waals surface area (Å²) in [5.74, 6) is 0.198. The molecule has 0 radical (unpaired) electrons. The zero-order valence-electron chi connectivity index (χ0n) is 15.7. The quantitative estimate of drug-likeness (QED) is 0.285. The lowest BCUT2D eigenvalue weighted by atomic mass is 10.0. The van der Waals surface area contributed by atoms with Gasteiger partial charge in [0.25, 0.3) is 0 Å². The summed E-state index contributed by atoms with van der Waals surface area (Å²) in [6, 6.07) is 0.440. The van der Waals surface area contributed by atoms with E-state index in [4.69, 9.17) is 15.3 Å². The molecule has 1 aromatic rings. The minimum absolute atomic E-state index is 0.0379. The van der Waals surface area contributed by atoms with Crippen LogP contribution in [0.5, 0.6) is 5.75 Å². The Bertz CT molecular complexity index is 702. The predicted octanol–water partition coefficient (Wildman–Crippen LogP) is 0.877. The summed E-state index contributed by atoms with van der Waals surface area (Å²) >= 11 is 1.87. The van der Waals surface area contributed by atoms with E-state index in [1.165, 1.54) is 6.20 Å². The number of amides is 2. The summed E-state index contributed by atoms with van der Waals surface area (Å²) in [5, 5.41) is 41.8. The van der Waals surface area contributed by atoms with E-state index in [0.29, 0.717) is 22.1 Å². The maximum atomic E-state index is 11.1. The molecular formula is C18H27N3O6S. The topological polar surface area (TPSA) is 152 Å². The summed E-state index contributed by atoms with van der Waals surface area (Å²) in [4.78, 5) is 25.3. The lowest BCUT2D eigenvalue weighted by Crippen LogP contribution is -2.36. The average Bonchev–Trinajstić information content (AvgIpc) is 3.20. The van der Waals surface area contributed by atoms with Gasteiger partial charge in [-0.05, 0) is 19.8 Å². The minimum Gasteiger partial charge on any atom is -0.506 e. The van der Waals surface area contributed by atoms with Gasteiger partial charge in [-0.1, -0.05) is 6.42 Å². The minimum atomic E-state index is -0.729. The first-order valence-electron chi connectivity index (χ1n) is 9.15. The van der Waals surface area contributed by atoms with E-state index in [9.17, 15) is 14.7 Å². The van der Waals surface area contributed by atoms with Gasteiger partial charge in [-0.25, -0.2) is 4.79 Å². The number of aliphatic hydroxyl groups is 2. The molecule has 0 spiro atoms. The summed E-state index contributed by atoms with van der Waals surface area (Å²) < 4.78 is 0. The van der Waals surface area contributed by atoms with E-state index in [1.54, 1.807) is 6.92 Å².